The van der Waals surface area contributed by atoms with Gasteiger partial charge in [0.2, 0.25) is 0 Å². The van der Waals surface area contributed by atoms with Crippen molar-refractivity contribution in [1.29, 1.82) is 0 Å². The number of hydrogen-bond donors (Lipinski definition) is 1. The molecule has 2 N–H and O–H groups in total. The van der Waals surface area contributed by atoms with Crippen LogP contribution in [0.15, 0.2) is 24.5 Å². The van der Waals surface area contributed by atoms with Gasteiger partial charge >= 0.3 is 0 Å². The second-order valence-electron chi connectivity index (χ2n) is 5.04. The van der Waals surface area contributed by atoms with Gasteiger partial charge in [0.15, 0.2) is 0 Å². The molecule has 0 spiro atoms. The van der Waals surface area contributed by atoms with Gasteiger partial charge in [-0.25, -0.2) is 0 Å². The highest BCUT2D eigenvalue weighted by Crippen LogP contribution is 2.29. The summed E-state index contributed by atoms with van der Waals surface area (Å²) >= 11 is 0. The maximum Gasteiger partial charge on any atom is 0.0965 e. The van der Waals surface area contributed by atoms with Crippen molar-refractivity contribution < 1.29 is 4.74 Å². The third-order valence-corrected chi connectivity index (χ3v) is 3.52. The van der Waals surface area contributed by atoms with E-state index in [2.05, 4.69) is 11.9 Å². The quantitative estimate of drug-likeness (QED) is 0.871. The zero-order valence-electron chi connectivity index (χ0n) is 10.5. The fourth-order valence-corrected chi connectivity index (χ4v) is 2.57. The minimum Gasteiger partial charge on any atom is -0.369 e. The Kier molecular flexibility index (Phi) is 4.51. The van der Waals surface area contributed by atoms with Gasteiger partial charge in [0.05, 0.1) is 12.2 Å². The molecule has 17 heavy (non-hydrogen) atoms. The van der Waals surface area contributed by atoms with Gasteiger partial charge in [0, 0.05) is 24.5 Å². The molecule has 0 saturated heterocycles. The van der Waals surface area contributed by atoms with Gasteiger partial charge in [-0.3, -0.25) is 4.98 Å². The smallest absolute Gasteiger partial charge is 0.0965 e. The molecule has 0 amide bonds. The second kappa shape index (κ2) is 6.12. The van der Waals surface area contributed by atoms with E-state index in [0.29, 0.717) is 12.6 Å². The zero-order chi connectivity index (χ0) is 12.1. The molecule has 94 valence electrons. The largest absolute Gasteiger partial charge is 0.369 e. The maximum atomic E-state index is 6.13. The van der Waals surface area contributed by atoms with Crippen LogP contribution >= 0.6 is 0 Å². The first-order chi connectivity index (χ1) is 8.29. The summed E-state index contributed by atoms with van der Waals surface area (Å²) in [6.45, 7) is 2.83. The predicted octanol–water partition coefficient (Wildman–Crippen LogP) is 2.68. The number of hydrogen-bond acceptors (Lipinski definition) is 3. The third kappa shape index (κ3) is 3.51. The lowest BCUT2D eigenvalue weighted by Gasteiger charge is -2.30. The van der Waals surface area contributed by atoms with Crippen LogP contribution in [-0.2, 0) is 4.74 Å². The van der Waals surface area contributed by atoms with Crippen LogP contribution < -0.4 is 5.73 Å². The molecule has 1 aromatic heterocycles. The predicted molar refractivity (Wildman–Crippen MR) is 68.5 cm³/mol. The van der Waals surface area contributed by atoms with Crippen LogP contribution in [0.2, 0.25) is 0 Å². The van der Waals surface area contributed by atoms with Gasteiger partial charge in [-0.2, -0.15) is 0 Å². The summed E-state index contributed by atoms with van der Waals surface area (Å²) in [5.41, 5.74) is 6.89. The molecule has 3 unspecified atom stereocenters. The van der Waals surface area contributed by atoms with Crippen LogP contribution in [-0.4, -0.2) is 17.6 Å². The molecular formula is C14H22N2O. The first-order valence-electron chi connectivity index (χ1n) is 6.55. The Balaban J connectivity index is 1.95. The Morgan fingerprint density at radius 1 is 1.53 bits per heavy atom. The van der Waals surface area contributed by atoms with Crippen molar-refractivity contribution >= 4 is 0 Å². The summed E-state index contributed by atoms with van der Waals surface area (Å²) in [6, 6.07) is 3.97. The Labute approximate surface area is 103 Å². The molecule has 2 rings (SSSR count). The Hall–Kier alpha value is -0.930. The van der Waals surface area contributed by atoms with E-state index in [4.69, 9.17) is 10.5 Å². The molecular weight excluding hydrogens is 212 g/mol. The molecule has 1 heterocycles. The number of aromatic nitrogens is 1. The molecule has 0 aliphatic heterocycles. The van der Waals surface area contributed by atoms with Crippen molar-refractivity contribution in [3.8, 4) is 0 Å². The molecule has 3 atom stereocenters. The molecule has 0 aromatic carbocycles. The second-order valence-corrected chi connectivity index (χ2v) is 5.04. The van der Waals surface area contributed by atoms with Crippen molar-refractivity contribution in [1.82, 2.24) is 4.98 Å². The van der Waals surface area contributed by atoms with Crippen LogP contribution in [0.3, 0.4) is 0 Å². The van der Waals surface area contributed by atoms with E-state index in [1.54, 1.807) is 6.20 Å². The summed E-state index contributed by atoms with van der Waals surface area (Å²) in [4.78, 5) is 4.13. The standard InChI is InChI=1S/C14H22N2O/c1-11-4-2-6-13(8-11)17-14(9-15)12-5-3-7-16-10-12/h3,5,7,10-11,13-14H,2,4,6,8-9,15H2,1H3. The van der Waals surface area contributed by atoms with E-state index in [1.165, 1.54) is 19.3 Å². The molecule has 3 heteroatoms. The molecule has 1 aliphatic rings. The average Bonchev–Trinajstić information content (AvgIpc) is 2.37. The molecule has 1 fully saturated rings. The Morgan fingerprint density at radius 2 is 2.41 bits per heavy atom. The molecule has 1 aliphatic carbocycles. The maximum absolute atomic E-state index is 6.13. The van der Waals surface area contributed by atoms with Crippen molar-refractivity contribution in [2.45, 2.75) is 44.8 Å². The van der Waals surface area contributed by atoms with Gasteiger partial charge in [-0.1, -0.05) is 25.8 Å². The fraction of sp³-hybridized carbons (Fsp3) is 0.643. The lowest BCUT2D eigenvalue weighted by molar-refractivity contribution is -0.0362. The summed E-state index contributed by atoms with van der Waals surface area (Å²) in [6.07, 6.45) is 8.93. The van der Waals surface area contributed by atoms with Crippen molar-refractivity contribution in [2.75, 3.05) is 6.54 Å². The summed E-state index contributed by atoms with van der Waals surface area (Å²) < 4.78 is 6.13. The van der Waals surface area contributed by atoms with E-state index in [1.807, 2.05) is 18.3 Å². The normalized spacial score (nSPS) is 26.7. The first-order valence-corrected chi connectivity index (χ1v) is 6.55. The fourth-order valence-electron chi connectivity index (χ4n) is 2.57. The van der Waals surface area contributed by atoms with Gasteiger partial charge in [-0.05, 0) is 24.8 Å². The summed E-state index contributed by atoms with van der Waals surface area (Å²) in [5, 5.41) is 0. The highest BCUT2D eigenvalue weighted by Gasteiger charge is 2.23. The zero-order valence-corrected chi connectivity index (χ0v) is 10.5. The van der Waals surface area contributed by atoms with Gasteiger partial charge in [0.25, 0.3) is 0 Å². The minimum absolute atomic E-state index is 0.000926. The van der Waals surface area contributed by atoms with Crippen molar-refractivity contribution in [3.05, 3.63) is 30.1 Å². The number of ether oxygens (including phenoxy) is 1. The Morgan fingerprint density at radius 3 is 3.06 bits per heavy atom. The summed E-state index contributed by atoms with van der Waals surface area (Å²) in [7, 11) is 0. The van der Waals surface area contributed by atoms with Crippen LogP contribution in [0.5, 0.6) is 0 Å². The monoisotopic (exact) mass is 234 g/mol. The van der Waals surface area contributed by atoms with E-state index in [0.717, 1.165) is 17.9 Å². The van der Waals surface area contributed by atoms with E-state index in [-0.39, 0.29) is 6.10 Å². The average molecular weight is 234 g/mol. The molecule has 3 nitrogen and oxygen atoms in total. The Bertz CT molecular complexity index is 328. The SMILES string of the molecule is CC1CCCC(OC(CN)c2cccnc2)C1. The van der Waals surface area contributed by atoms with Crippen LogP contribution in [0.1, 0.15) is 44.3 Å². The highest BCUT2D eigenvalue weighted by atomic mass is 16.5. The van der Waals surface area contributed by atoms with E-state index in [9.17, 15) is 0 Å². The summed E-state index contributed by atoms with van der Waals surface area (Å²) in [5.74, 6) is 0.779. The van der Waals surface area contributed by atoms with E-state index >= 15 is 0 Å². The van der Waals surface area contributed by atoms with Crippen LogP contribution in [0, 0.1) is 5.92 Å². The van der Waals surface area contributed by atoms with Crippen LogP contribution in [0.25, 0.3) is 0 Å². The molecule has 1 saturated carbocycles. The number of pyridine rings is 1. The highest BCUT2D eigenvalue weighted by molar-refractivity contribution is 5.12. The number of nitrogens with two attached hydrogens (primary N) is 1. The van der Waals surface area contributed by atoms with Gasteiger partial charge in [0.1, 0.15) is 0 Å². The number of nitrogens with zero attached hydrogens (tertiary/aromatic N) is 1. The van der Waals surface area contributed by atoms with Crippen molar-refractivity contribution in [3.63, 3.8) is 0 Å². The molecule has 0 bridgehead atoms. The lowest BCUT2D eigenvalue weighted by atomic mass is 9.88. The topological polar surface area (TPSA) is 48.1 Å². The van der Waals surface area contributed by atoms with E-state index < -0.39 is 0 Å². The van der Waals surface area contributed by atoms with Gasteiger partial charge < -0.3 is 10.5 Å². The van der Waals surface area contributed by atoms with Crippen LogP contribution in [0.4, 0.5) is 0 Å². The third-order valence-electron chi connectivity index (χ3n) is 3.52. The van der Waals surface area contributed by atoms with Gasteiger partial charge in [-0.15, -0.1) is 0 Å². The number of rotatable bonds is 4. The minimum atomic E-state index is -0.000926. The lowest BCUT2D eigenvalue weighted by Crippen LogP contribution is -2.27. The molecule has 1 aromatic rings. The first kappa shape index (κ1) is 12.5. The molecule has 0 radical (unpaired) electrons. The van der Waals surface area contributed by atoms with Crippen molar-refractivity contribution in [2.24, 2.45) is 11.7 Å².